The maximum atomic E-state index is 12.5. The third kappa shape index (κ3) is 3.27. The van der Waals surface area contributed by atoms with Crippen molar-refractivity contribution in [3.63, 3.8) is 0 Å². The molecule has 1 fully saturated rings. The summed E-state index contributed by atoms with van der Waals surface area (Å²) in [4.78, 5) is 16.8. The minimum Gasteiger partial charge on any atom is -0.339 e. The maximum Gasteiger partial charge on any atom is 0.244 e. The SMILES string of the molecule is CC(C)CN1CCN(C(=O)Cn2nnc3ccccc32)CC1. The number of hydrogen-bond donors (Lipinski definition) is 0. The van der Waals surface area contributed by atoms with Crippen LogP contribution in [-0.2, 0) is 11.3 Å². The van der Waals surface area contributed by atoms with Gasteiger partial charge in [0.1, 0.15) is 12.1 Å². The predicted molar refractivity (Wildman–Crippen MR) is 85.4 cm³/mol. The zero-order valence-electron chi connectivity index (χ0n) is 13.3. The molecule has 1 aromatic heterocycles. The van der Waals surface area contributed by atoms with E-state index in [1.165, 1.54) is 0 Å². The average Bonchev–Trinajstić information content (AvgIpc) is 2.91. The topological polar surface area (TPSA) is 54.3 Å². The highest BCUT2D eigenvalue weighted by Crippen LogP contribution is 2.11. The molecule has 0 aliphatic carbocycles. The van der Waals surface area contributed by atoms with Gasteiger partial charge in [-0.2, -0.15) is 0 Å². The van der Waals surface area contributed by atoms with Crippen LogP contribution < -0.4 is 0 Å². The Labute approximate surface area is 130 Å². The predicted octanol–water partition coefficient (Wildman–Crippen LogP) is 1.23. The van der Waals surface area contributed by atoms with Crippen LogP contribution >= 0.6 is 0 Å². The van der Waals surface area contributed by atoms with E-state index >= 15 is 0 Å². The molecule has 118 valence electrons. The number of para-hydroxylation sites is 1. The Morgan fingerprint density at radius 3 is 2.64 bits per heavy atom. The Morgan fingerprint density at radius 2 is 1.91 bits per heavy atom. The molecule has 0 atom stereocenters. The van der Waals surface area contributed by atoms with Gasteiger partial charge < -0.3 is 4.90 Å². The molecular weight excluding hydrogens is 278 g/mol. The molecule has 1 saturated heterocycles. The van der Waals surface area contributed by atoms with E-state index in [9.17, 15) is 4.79 Å². The van der Waals surface area contributed by atoms with E-state index in [1.54, 1.807) is 4.68 Å². The molecule has 0 unspecified atom stereocenters. The highest BCUT2D eigenvalue weighted by atomic mass is 16.2. The molecule has 1 aromatic carbocycles. The van der Waals surface area contributed by atoms with Crippen molar-refractivity contribution in [2.45, 2.75) is 20.4 Å². The van der Waals surface area contributed by atoms with Gasteiger partial charge in [0, 0.05) is 32.7 Å². The minimum atomic E-state index is 0.125. The molecule has 2 heterocycles. The molecule has 0 spiro atoms. The van der Waals surface area contributed by atoms with Crippen LogP contribution in [0.15, 0.2) is 24.3 Å². The smallest absolute Gasteiger partial charge is 0.244 e. The largest absolute Gasteiger partial charge is 0.339 e. The fraction of sp³-hybridized carbons (Fsp3) is 0.562. The first kappa shape index (κ1) is 15.0. The first-order chi connectivity index (χ1) is 10.6. The lowest BCUT2D eigenvalue weighted by Crippen LogP contribution is -2.50. The summed E-state index contributed by atoms with van der Waals surface area (Å²) in [6.45, 7) is 9.36. The van der Waals surface area contributed by atoms with Gasteiger partial charge in [-0.3, -0.25) is 9.69 Å². The van der Waals surface area contributed by atoms with Crippen LogP contribution in [0.2, 0.25) is 0 Å². The number of nitrogens with zero attached hydrogens (tertiary/aromatic N) is 5. The van der Waals surface area contributed by atoms with Gasteiger partial charge in [0.05, 0.1) is 5.52 Å². The van der Waals surface area contributed by atoms with Gasteiger partial charge >= 0.3 is 0 Å². The molecular formula is C16H23N5O. The van der Waals surface area contributed by atoms with Gasteiger partial charge in [-0.15, -0.1) is 5.10 Å². The third-order valence-corrected chi connectivity index (χ3v) is 4.05. The van der Waals surface area contributed by atoms with Crippen LogP contribution in [-0.4, -0.2) is 63.4 Å². The Kier molecular flexibility index (Phi) is 4.38. The second-order valence-electron chi connectivity index (χ2n) is 6.31. The Morgan fingerprint density at radius 1 is 1.18 bits per heavy atom. The summed E-state index contributed by atoms with van der Waals surface area (Å²) in [7, 11) is 0. The van der Waals surface area contributed by atoms with Gasteiger partial charge in [-0.25, -0.2) is 4.68 Å². The van der Waals surface area contributed by atoms with Crippen molar-refractivity contribution in [2.75, 3.05) is 32.7 Å². The summed E-state index contributed by atoms with van der Waals surface area (Å²) in [6, 6.07) is 7.73. The van der Waals surface area contributed by atoms with Gasteiger partial charge in [0.15, 0.2) is 0 Å². The van der Waals surface area contributed by atoms with E-state index in [0.717, 1.165) is 43.8 Å². The molecule has 6 nitrogen and oxygen atoms in total. The number of rotatable bonds is 4. The van der Waals surface area contributed by atoms with Crippen LogP contribution in [0.5, 0.6) is 0 Å². The Hall–Kier alpha value is -1.95. The number of benzene rings is 1. The van der Waals surface area contributed by atoms with Crippen LogP contribution in [0.3, 0.4) is 0 Å². The molecule has 6 heteroatoms. The molecule has 0 bridgehead atoms. The summed E-state index contributed by atoms with van der Waals surface area (Å²) >= 11 is 0. The van der Waals surface area contributed by atoms with Crippen molar-refractivity contribution in [3.8, 4) is 0 Å². The van der Waals surface area contributed by atoms with Gasteiger partial charge in [0.2, 0.25) is 5.91 Å². The quantitative estimate of drug-likeness (QED) is 0.852. The summed E-state index contributed by atoms with van der Waals surface area (Å²) in [5, 5.41) is 8.19. The lowest BCUT2D eigenvalue weighted by Gasteiger charge is -2.35. The van der Waals surface area contributed by atoms with E-state index in [4.69, 9.17) is 0 Å². The minimum absolute atomic E-state index is 0.125. The molecule has 0 radical (unpaired) electrons. The molecule has 1 aliphatic heterocycles. The number of hydrogen-bond acceptors (Lipinski definition) is 4. The number of carbonyl (C=O) groups is 1. The average molecular weight is 301 g/mol. The van der Waals surface area contributed by atoms with Crippen molar-refractivity contribution < 1.29 is 4.79 Å². The molecule has 22 heavy (non-hydrogen) atoms. The lowest BCUT2D eigenvalue weighted by atomic mass is 10.2. The maximum absolute atomic E-state index is 12.5. The van der Waals surface area contributed by atoms with E-state index in [0.29, 0.717) is 5.92 Å². The zero-order chi connectivity index (χ0) is 15.5. The number of carbonyl (C=O) groups excluding carboxylic acids is 1. The number of fused-ring (bicyclic) bond motifs is 1. The van der Waals surface area contributed by atoms with Crippen molar-refractivity contribution in [3.05, 3.63) is 24.3 Å². The van der Waals surface area contributed by atoms with Gasteiger partial charge in [-0.05, 0) is 18.1 Å². The normalized spacial score (nSPS) is 16.6. The summed E-state index contributed by atoms with van der Waals surface area (Å²) < 4.78 is 1.69. The highest BCUT2D eigenvalue weighted by Gasteiger charge is 2.22. The third-order valence-electron chi connectivity index (χ3n) is 4.05. The van der Waals surface area contributed by atoms with Crippen LogP contribution in [0.25, 0.3) is 11.0 Å². The monoisotopic (exact) mass is 301 g/mol. The van der Waals surface area contributed by atoms with Crippen LogP contribution in [0.1, 0.15) is 13.8 Å². The van der Waals surface area contributed by atoms with Crippen LogP contribution in [0, 0.1) is 5.92 Å². The second kappa shape index (κ2) is 6.44. The van der Waals surface area contributed by atoms with Crippen molar-refractivity contribution in [1.29, 1.82) is 0 Å². The van der Waals surface area contributed by atoms with Crippen molar-refractivity contribution in [2.24, 2.45) is 5.92 Å². The lowest BCUT2D eigenvalue weighted by molar-refractivity contribution is -0.133. The summed E-state index contributed by atoms with van der Waals surface area (Å²) in [6.07, 6.45) is 0. The molecule has 0 N–H and O–H groups in total. The van der Waals surface area contributed by atoms with E-state index < -0.39 is 0 Å². The summed E-state index contributed by atoms with van der Waals surface area (Å²) in [5.41, 5.74) is 1.74. The Bertz CT molecular complexity index is 643. The number of amides is 1. The highest BCUT2D eigenvalue weighted by molar-refractivity contribution is 5.79. The fourth-order valence-electron chi connectivity index (χ4n) is 2.96. The van der Waals surface area contributed by atoms with E-state index in [2.05, 4.69) is 29.1 Å². The van der Waals surface area contributed by atoms with Gasteiger partial charge in [-0.1, -0.05) is 31.2 Å². The number of piperazine rings is 1. The number of aromatic nitrogens is 3. The fourth-order valence-corrected chi connectivity index (χ4v) is 2.96. The van der Waals surface area contributed by atoms with Crippen LogP contribution in [0.4, 0.5) is 0 Å². The summed E-state index contributed by atoms with van der Waals surface area (Å²) in [5.74, 6) is 0.795. The second-order valence-corrected chi connectivity index (χ2v) is 6.31. The molecule has 0 saturated carbocycles. The molecule has 2 aromatic rings. The first-order valence-electron chi connectivity index (χ1n) is 7.92. The van der Waals surface area contributed by atoms with E-state index in [1.807, 2.05) is 29.2 Å². The Balaban J connectivity index is 1.59. The van der Waals surface area contributed by atoms with E-state index in [-0.39, 0.29) is 12.5 Å². The molecule has 1 amide bonds. The molecule has 3 rings (SSSR count). The zero-order valence-corrected chi connectivity index (χ0v) is 13.3. The van der Waals surface area contributed by atoms with Crippen molar-refractivity contribution >= 4 is 16.9 Å². The van der Waals surface area contributed by atoms with Gasteiger partial charge in [0.25, 0.3) is 0 Å². The molecule has 1 aliphatic rings. The standard InChI is InChI=1S/C16H23N5O/c1-13(2)11-19-7-9-20(10-8-19)16(22)12-21-15-6-4-3-5-14(15)17-18-21/h3-6,13H,7-12H2,1-2H3. The first-order valence-corrected chi connectivity index (χ1v) is 7.92. The van der Waals surface area contributed by atoms with Crippen molar-refractivity contribution in [1.82, 2.24) is 24.8 Å².